The summed E-state index contributed by atoms with van der Waals surface area (Å²) in [6.07, 6.45) is -1.27. The molecule has 0 saturated carbocycles. The smallest absolute Gasteiger partial charge is 0.407 e. The summed E-state index contributed by atoms with van der Waals surface area (Å²) < 4.78 is 0.874. The summed E-state index contributed by atoms with van der Waals surface area (Å²) >= 11 is 15.9. The monoisotopic (exact) mass is 855 g/mol. The summed E-state index contributed by atoms with van der Waals surface area (Å²) in [5, 5.41) is 32.0. The number of amides is 6. The molecule has 0 bridgehead atoms. The fraction of sp³-hybridized carbons (Fsp3) is 0.486. The number of urea groups is 1. The van der Waals surface area contributed by atoms with Crippen molar-refractivity contribution >= 4 is 80.8 Å². The molecule has 2 fully saturated rings. The summed E-state index contributed by atoms with van der Waals surface area (Å²) in [6.45, 7) is 2.33. The quantitative estimate of drug-likeness (QED) is 0.178. The largest absolute Gasteiger partial charge is 0.480 e. The van der Waals surface area contributed by atoms with E-state index in [9.17, 15) is 44.1 Å². The maximum absolute atomic E-state index is 14.0. The van der Waals surface area contributed by atoms with E-state index < -0.39 is 35.6 Å². The Balaban J connectivity index is 1.38. The molecule has 4 N–H and O–H groups in total. The predicted molar refractivity (Wildman–Crippen MR) is 204 cm³/mol. The molecule has 0 aromatic heterocycles. The highest BCUT2D eigenvalue weighted by Gasteiger charge is 2.54. The first kappa shape index (κ1) is 42.6. The fourth-order valence-corrected chi connectivity index (χ4v) is 7.23. The van der Waals surface area contributed by atoms with Crippen LogP contribution in [0.5, 0.6) is 0 Å². The standard InChI is InChI=1S/C35H44BrCl2N7O9/c1-35(21-24-4-6-25(36)7-5-24)31(49)45(28-19-26(37)18-27(38)20-28)32(50)44(35)9-3-2-8-39-29(46)22-40-10-11-41(23-30(47)48)13-15-43(34(53)54)17-16-42(14-12-40)33(51)52/h4-7,18-20H,2-3,8-17,21-23H2,1H3,(H,39,46)(H,47,48)(H,51,52)(H,53,54)/t35-/m0/s1. The Morgan fingerprint density at radius 2 is 1.30 bits per heavy atom. The Kier molecular flexibility index (Phi) is 15.3. The van der Waals surface area contributed by atoms with E-state index in [4.69, 9.17) is 23.2 Å². The van der Waals surface area contributed by atoms with Gasteiger partial charge < -0.3 is 35.3 Å². The van der Waals surface area contributed by atoms with Crippen molar-refractivity contribution in [1.82, 2.24) is 29.8 Å². The third kappa shape index (κ3) is 11.7. The van der Waals surface area contributed by atoms with Crippen LogP contribution >= 0.6 is 39.1 Å². The molecule has 294 valence electrons. The summed E-state index contributed by atoms with van der Waals surface area (Å²) in [7, 11) is 0. The first-order valence-corrected chi connectivity index (χ1v) is 18.9. The Morgan fingerprint density at radius 3 is 1.83 bits per heavy atom. The van der Waals surface area contributed by atoms with Gasteiger partial charge in [-0.05, 0) is 55.7 Å². The van der Waals surface area contributed by atoms with Crippen molar-refractivity contribution in [2.75, 3.05) is 83.4 Å². The molecule has 2 aromatic rings. The molecule has 16 nitrogen and oxygen atoms in total. The Bertz CT molecular complexity index is 1690. The third-order valence-corrected chi connectivity index (χ3v) is 10.4. The van der Waals surface area contributed by atoms with Crippen molar-refractivity contribution in [1.29, 1.82) is 0 Å². The van der Waals surface area contributed by atoms with Crippen molar-refractivity contribution in [2.45, 2.75) is 31.7 Å². The van der Waals surface area contributed by atoms with E-state index in [1.54, 1.807) is 16.7 Å². The molecule has 0 radical (unpaired) electrons. The van der Waals surface area contributed by atoms with Gasteiger partial charge in [-0.25, -0.2) is 19.3 Å². The average molecular weight is 858 g/mol. The van der Waals surface area contributed by atoms with Gasteiger partial charge in [-0.15, -0.1) is 0 Å². The molecule has 2 aliphatic heterocycles. The molecule has 4 rings (SSSR count). The molecule has 2 aliphatic rings. The zero-order valence-corrected chi connectivity index (χ0v) is 32.9. The van der Waals surface area contributed by atoms with Crippen LogP contribution in [-0.2, 0) is 20.8 Å². The zero-order chi connectivity index (χ0) is 39.6. The van der Waals surface area contributed by atoms with Crippen LogP contribution in [0.2, 0.25) is 10.0 Å². The first-order chi connectivity index (χ1) is 25.6. The summed E-state index contributed by atoms with van der Waals surface area (Å²) in [4.78, 5) is 84.1. The zero-order valence-electron chi connectivity index (χ0n) is 29.8. The minimum absolute atomic E-state index is 0.00895. The molecular weight excluding hydrogens is 813 g/mol. The van der Waals surface area contributed by atoms with Gasteiger partial charge in [0.15, 0.2) is 0 Å². The van der Waals surface area contributed by atoms with Crippen molar-refractivity contribution < 1.29 is 44.1 Å². The number of hydrogen-bond acceptors (Lipinski definition) is 8. The minimum atomic E-state index is -1.23. The van der Waals surface area contributed by atoms with Crippen LogP contribution in [-0.4, -0.2) is 160 Å². The van der Waals surface area contributed by atoms with E-state index in [0.29, 0.717) is 12.8 Å². The molecule has 1 atom stereocenters. The van der Waals surface area contributed by atoms with Crippen molar-refractivity contribution in [3.05, 3.63) is 62.5 Å². The molecule has 19 heteroatoms. The number of nitrogens with zero attached hydrogens (tertiary/aromatic N) is 6. The van der Waals surface area contributed by atoms with E-state index in [-0.39, 0.29) is 107 Å². The van der Waals surface area contributed by atoms with E-state index in [0.717, 1.165) is 24.7 Å². The second-order valence-corrected chi connectivity index (χ2v) is 15.1. The number of unbranched alkanes of at least 4 members (excludes halogenated alkanes) is 1. The van der Waals surface area contributed by atoms with Gasteiger partial charge in [-0.2, -0.15) is 0 Å². The van der Waals surface area contributed by atoms with Crippen LogP contribution in [0.1, 0.15) is 25.3 Å². The van der Waals surface area contributed by atoms with Crippen LogP contribution in [0, 0.1) is 0 Å². The maximum atomic E-state index is 14.0. The predicted octanol–water partition coefficient (Wildman–Crippen LogP) is 4.08. The molecule has 0 aliphatic carbocycles. The Hall–Kier alpha value is -4.16. The topological polar surface area (TPSA) is 195 Å². The van der Waals surface area contributed by atoms with Gasteiger partial charge in [0.25, 0.3) is 5.91 Å². The lowest BCUT2D eigenvalue weighted by Gasteiger charge is -2.32. The first-order valence-electron chi connectivity index (χ1n) is 17.3. The summed E-state index contributed by atoms with van der Waals surface area (Å²) in [5.41, 5.74) is -0.110. The van der Waals surface area contributed by atoms with E-state index in [1.807, 2.05) is 24.3 Å². The highest BCUT2D eigenvalue weighted by atomic mass is 79.9. The maximum Gasteiger partial charge on any atom is 0.407 e. The number of hydrogen-bond donors (Lipinski definition) is 4. The van der Waals surface area contributed by atoms with Crippen LogP contribution < -0.4 is 10.2 Å². The molecule has 0 unspecified atom stereocenters. The third-order valence-electron chi connectivity index (χ3n) is 9.39. The normalized spacial score (nSPS) is 19.4. The van der Waals surface area contributed by atoms with Crippen molar-refractivity contribution in [3.8, 4) is 0 Å². The molecular formula is C35H44BrCl2N7O9. The SMILES string of the molecule is C[C@]1(Cc2ccc(Br)cc2)C(=O)N(c2cc(Cl)cc(Cl)c2)C(=O)N1CCCCNC(=O)CN1CCN(CC(=O)O)CCN(C(=O)O)CCN(C(=O)O)CC1. The minimum Gasteiger partial charge on any atom is -0.480 e. The van der Waals surface area contributed by atoms with Gasteiger partial charge in [0.05, 0.1) is 18.8 Å². The van der Waals surface area contributed by atoms with Gasteiger partial charge in [0.2, 0.25) is 5.91 Å². The highest BCUT2D eigenvalue weighted by molar-refractivity contribution is 9.10. The van der Waals surface area contributed by atoms with Gasteiger partial charge in [-0.3, -0.25) is 24.2 Å². The van der Waals surface area contributed by atoms with Crippen LogP contribution in [0.4, 0.5) is 20.1 Å². The van der Waals surface area contributed by atoms with Gasteiger partial charge in [0.1, 0.15) is 5.54 Å². The second-order valence-electron chi connectivity index (χ2n) is 13.3. The number of nitrogens with one attached hydrogen (secondary N) is 1. The second kappa shape index (κ2) is 19.4. The van der Waals surface area contributed by atoms with E-state index >= 15 is 0 Å². The van der Waals surface area contributed by atoms with Crippen LogP contribution in [0.15, 0.2) is 46.9 Å². The molecule has 0 spiro atoms. The van der Waals surface area contributed by atoms with Gasteiger partial charge in [0, 0.05) is 86.4 Å². The Labute approximate surface area is 331 Å². The lowest BCUT2D eigenvalue weighted by molar-refractivity contribution is -0.138. The lowest BCUT2D eigenvalue weighted by Crippen LogP contribution is -2.50. The average Bonchev–Trinajstić information content (AvgIpc) is 3.26. The summed E-state index contributed by atoms with van der Waals surface area (Å²) in [5.74, 6) is -1.83. The van der Waals surface area contributed by atoms with E-state index in [1.165, 1.54) is 23.1 Å². The number of aliphatic carboxylic acids is 1. The number of rotatable bonds is 12. The van der Waals surface area contributed by atoms with Crippen LogP contribution in [0.3, 0.4) is 0 Å². The number of imide groups is 1. The van der Waals surface area contributed by atoms with Crippen molar-refractivity contribution in [3.63, 3.8) is 0 Å². The number of halogens is 3. The summed E-state index contributed by atoms with van der Waals surface area (Å²) in [6, 6.07) is 11.5. The molecule has 2 aromatic carbocycles. The number of anilines is 1. The molecule has 2 heterocycles. The fourth-order valence-electron chi connectivity index (χ4n) is 6.45. The Morgan fingerprint density at radius 1 is 0.778 bits per heavy atom. The van der Waals surface area contributed by atoms with Crippen molar-refractivity contribution in [2.24, 2.45) is 0 Å². The molecule has 6 amide bonds. The lowest BCUT2D eigenvalue weighted by atomic mass is 9.91. The van der Waals surface area contributed by atoms with Crippen LogP contribution in [0.25, 0.3) is 0 Å². The molecule has 2 saturated heterocycles. The number of carbonyl (C=O) groups excluding carboxylic acids is 3. The molecule has 54 heavy (non-hydrogen) atoms. The number of carboxylic acid groups (broad SMARTS) is 3. The number of carboxylic acids is 1. The number of benzene rings is 2. The van der Waals surface area contributed by atoms with Gasteiger partial charge in [-0.1, -0.05) is 51.3 Å². The number of carbonyl (C=O) groups is 6. The van der Waals surface area contributed by atoms with E-state index in [2.05, 4.69) is 21.2 Å². The highest BCUT2D eigenvalue weighted by Crippen LogP contribution is 2.37. The van der Waals surface area contributed by atoms with Gasteiger partial charge >= 0.3 is 24.2 Å².